The number of methoxy groups -OCH3 is 1. The molecule has 0 radical (unpaired) electrons. The second-order valence-electron chi connectivity index (χ2n) is 3.95. The Morgan fingerprint density at radius 1 is 1.38 bits per heavy atom. The van der Waals surface area contributed by atoms with Gasteiger partial charge in [-0.1, -0.05) is 0 Å². The Morgan fingerprint density at radius 3 is 2.69 bits per heavy atom. The predicted molar refractivity (Wildman–Crippen MR) is 58.0 cm³/mol. The van der Waals surface area contributed by atoms with Gasteiger partial charge in [-0.05, 0) is 19.8 Å². The smallest absolute Gasteiger partial charge is 0.157 e. The van der Waals surface area contributed by atoms with Crippen LogP contribution in [0.5, 0.6) is 0 Å². The third-order valence-corrected chi connectivity index (χ3v) is 2.58. The fraction of sp³-hybridized carbons (Fsp3) is 1.00. The number of hydrogen-bond acceptors (Lipinski definition) is 5. The highest BCUT2D eigenvalue weighted by Crippen LogP contribution is 2.14. The second-order valence-corrected chi connectivity index (χ2v) is 3.95. The van der Waals surface area contributed by atoms with E-state index >= 15 is 0 Å². The van der Waals surface area contributed by atoms with Crippen LogP contribution < -0.4 is 0 Å². The van der Waals surface area contributed by atoms with Crippen LogP contribution in [0.3, 0.4) is 0 Å². The van der Waals surface area contributed by atoms with E-state index in [4.69, 9.17) is 18.9 Å². The summed E-state index contributed by atoms with van der Waals surface area (Å²) < 4.78 is 20.8. The summed E-state index contributed by atoms with van der Waals surface area (Å²) in [4.78, 5) is 0. The van der Waals surface area contributed by atoms with Crippen molar-refractivity contribution in [2.45, 2.75) is 44.7 Å². The molecule has 0 aromatic carbocycles. The lowest BCUT2D eigenvalue weighted by atomic mass is 10.1. The van der Waals surface area contributed by atoms with Gasteiger partial charge in [0.2, 0.25) is 0 Å². The summed E-state index contributed by atoms with van der Waals surface area (Å²) in [5.41, 5.74) is 0. The van der Waals surface area contributed by atoms with Crippen molar-refractivity contribution in [3.63, 3.8) is 0 Å². The molecule has 1 fully saturated rings. The maximum absolute atomic E-state index is 9.78. The third-order valence-electron chi connectivity index (χ3n) is 2.58. The lowest BCUT2D eigenvalue weighted by Crippen LogP contribution is -2.30. The van der Waals surface area contributed by atoms with Gasteiger partial charge in [0.05, 0.1) is 25.4 Å². The first-order valence-corrected chi connectivity index (χ1v) is 5.76. The van der Waals surface area contributed by atoms with Gasteiger partial charge in [-0.25, -0.2) is 0 Å². The Morgan fingerprint density at radius 2 is 2.06 bits per heavy atom. The fourth-order valence-electron chi connectivity index (χ4n) is 1.53. The largest absolute Gasteiger partial charge is 0.390 e. The van der Waals surface area contributed by atoms with Crippen molar-refractivity contribution in [1.82, 2.24) is 0 Å². The van der Waals surface area contributed by atoms with E-state index in [9.17, 15) is 5.11 Å². The van der Waals surface area contributed by atoms with Crippen molar-refractivity contribution >= 4 is 0 Å². The van der Waals surface area contributed by atoms with Crippen LogP contribution in [0.2, 0.25) is 0 Å². The molecule has 0 aromatic rings. The molecule has 16 heavy (non-hydrogen) atoms. The minimum Gasteiger partial charge on any atom is -0.390 e. The number of rotatable bonds is 7. The van der Waals surface area contributed by atoms with E-state index in [1.807, 2.05) is 6.92 Å². The van der Waals surface area contributed by atoms with Crippen molar-refractivity contribution in [3.05, 3.63) is 0 Å². The molecule has 0 saturated carbocycles. The zero-order valence-corrected chi connectivity index (χ0v) is 10.1. The van der Waals surface area contributed by atoms with E-state index in [1.54, 1.807) is 7.11 Å². The van der Waals surface area contributed by atoms with E-state index in [0.29, 0.717) is 12.8 Å². The van der Waals surface area contributed by atoms with E-state index in [0.717, 1.165) is 19.6 Å². The molecule has 2 atom stereocenters. The van der Waals surface area contributed by atoms with Crippen molar-refractivity contribution in [2.75, 3.05) is 27.1 Å². The zero-order chi connectivity index (χ0) is 11.8. The Kier molecular flexibility index (Phi) is 6.91. The molecule has 0 bridgehead atoms. The predicted octanol–water partition coefficient (Wildman–Crippen LogP) is 0.899. The molecule has 1 aliphatic heterocycles. The summed E-state index contributed by atoms with van der Waals surface area (Å²) in [6, 6.07) is 0. The van der Waals surface area contributed by atoms with E-state index in [2.05, 4.69) is 0 Å². The minimum absolute atomic E-state index is 0.168. The monoisotopic (exact) mass is 234 g/mol. The average molecular weight is 234 g/mol. The van der Waals surface area contributed by atoms with Crippen LogP contribution in [0.15, 0.2) is 0 Å². The van der Waals surface area contributed by atoms with Crippen molar-refractivity contribution in [1.29, 1.82) is 0 Å². The summed E-state index contributed by atoms with van der Waals surface area (Å²) in [6.45, 7) is 3.52. The molecule has 5 nitrogen and oxygen atoms in total. The van der Waals surface area contributed by atoms with Crippen molar-refractivity contribution < 1.29 is 24.1 Å². The van der Waals surface area contributed by atoms with Crippen LogP contribution in [0.1, 0.15) is 26.2 Å². The zero-order valence-electron chi connectivity index (χ0n) is 10.1. The summed E-state index contributed by atoms with van der Waals surface area (Å²) >= 11 is 0. The Hall–Kier alpha value is -0.200. The van der Waals surface area contributed by atoms with Gasteiger partial charge in [-0.2, -0.15) is 0 Å². The van der Waals surface area contributed by atoms with Gasteiger partial charge in [0, 0.05) is 13.5 Å². The van der Waals surface area contributed by atoms with Gasteiger partial charge in [0.25, 0.3) is 0 Å². The SMILES string of the molecule is COCO[C@@H](C)[C@H](O)CCC1OCCCO1. The average Bonchev–Trinajstić information content (AvgIpc) is 2.34. The topological polar surface area (TPSA) is 57.2 Å². The Labute approximate surface area is 96.6 Å². The molecule has 1 rings (SSSR count). The van der Waals surface area contributed by atoms with Gasteiger partial charge in [-0.15, -0.1) is 0 Å². The Bertz CT molecular complexity index is 170. The highest BCUT2D eigenvalue weighted by atomic mass is 16.7. The quantitative estimate of drug-likeness (QED) is 0.663. The fourth-order valence-corrected chi connectivity index (χ4v) is 1.53. The maximum atomic E-state index is 9.78. The molecule has 1 saturated heterocycles. The van der Waals surface area contributed by atoms with E-state index in [1.165, 1.54) is 0 Å². The molecule has 0 spiro atoms. The van der Waals surface area contributed by atoms with Crippen LogP contribution >= 0.6 is 0 Å². The first-order valence-electron chi connectivity index (χ1n) is 5.76. The molecule has 0 aromatic heterocycles. The molecule has 0 amide bonds. The first-order chi connectivity index (χ1) is 7.74. The first kappa shape index (κ1) is 13.9. The van der Waals surface area contributed by atoms with Crippen LogP contribution in [-0.4, -0.2) is 50.7 Å². The lowest BCUT2D eigenvalue weighted by molar-refractivity contribution is -0.186. The van der Waals surface area contributed by atoms with Gasteiger partial charge in [0.1, 0.15) is 6.79 Å². The molecule has 0 unspecified atom stereocenters. The number of aliphatic hydroxyl groups excluding tert-OH is 1. The van der Waals surface area contributed by atoms with E-state index in [-0.39, 0.29) is 19.2 Å². The highest BCUT2D eigenvalue weighted by Gasteiger charge is 2.19. The van der Waals surface area contributed by atoms with Crippen LogP contribution in [-0.2, 0) is 18.9 Å². The lowest BCUT2D eigenvalue weighted by Gasteiger charge is -2.25. The summed E-state index contributed by atoms with van der Waals surface area (Å²) in [5.74, 6) is 0. The van der Waals surface area contributed by atoms with Crippen molar-refractivity contribution in [2.24, 2.45) is 0 Å². The molecular weight excluding hydrogens is 212 g/mol. The normalized spacial score (nSPS) is 21.9. The highest BCUT2D eigenvalue weighted by molar-refractivity contribution is 4.65. The van der Waals surface area contributed by atoms with Crippen molar-refractivity contribution in [3.8, 4) is 0 Å². The standard InChI is InChI=1S/C11H22O5/c1-9(16-8-13-2)10(12)4-5-11-14-6-3-7-15-11/h9-12H,3-8H2,1-2H3/t9-,10+/m0/s1. The number of hydrogen-bond donors (Lipinski definition) is 1. The summed E-state index contributed by atoms with van der Waals surface area (Å²) in [5, 5.41) is 9.78. The Balaban J connectivity index is 2.10. The molecular formula is C11H22O5. The molecule has 1 heterocycles. The van der Waals surface area contributed by atoms with Crippen LogP contribution in [0, 0.1) is 0 Å². The molecule has 1 aliphatic rings. The third kappa shape index (κ3) is 5.23. The molecule has 96 valence electrons. The number of aliphatic hydroxyl groups is 1. The minimum atomic E-state index is -0.510. The van der Waals surface area contributed by atoms with Gasteiger partial charge >= 0.3 is 0 Å². The molecule has 0 aliphatic carbocycles. The van der Waals surface area contributed by atoms with Crippen LogP contribution in [0.25, 0.3) is 0 Å². The second kappa shape index (κ2) is 7.97. The number of ether oxygens (including phenoxy) is 4. The van der Waals surface area contributed by atoms with Gasteiger partial charge in [0.15, 0.2) is 6.29 Å². The van der Waals surface area contributed by atoms with Crippen LogP contribution in [0.4, 0.5) is 0 Å². The summed E-state index contributed by atoms with van der Waals surface area (Å²) in [6.07, 6.45) is 1.34. The van der Waals surface area contributed by atoms with Gasteiger partial charge < -0.3 is 24.1 Å². The maximum Gasteiger partial charge on any atom is 0.157 e. The van der Waals surface area contributed by atoms with E-state index < -0.39 is 6.10 Å². The van der Waals surface area contributed by atoms with Gasteiger partial charge in [-0.3, -0.25) is 0 Å². The molecule has 1 N–H and O–H groups in total. The summed E-state index contributed by atoms with van der Waals surface area (Å²) in [7, 11) is 1.56. The molecule has 5 heteroatoms.